The first-order valence-corrected chi connectivity index (χ1v) is 7.06. The third kappa shape index (κ3) is 2.00. The van der Waals surface area contributed by atoms with E-state index in [2.05, 4.69) is 12.2 Å². The number of benzene rings is 1. The molecule has 1 saturated heterocycles. The quantitative estimate of drug-likeness (QED) is 0.883. The minimum Gasteiger partial charge on any atom is -0.490 e. The predicted molar refractivity (Wildman–Crippen MR) is 74.5 cm³/mol. The Hall–Kier alpha value is -1.55. The van der Waals surface area contributed by atoms with Gasteiger partial charge in [0.1, 0.15) is 12.4 Å². The van der Waals surface area contributed by atoms with Crippen LogP contribution in [0, 0.1) is 0 Å². The molecule has 0 spiro atoms. The van der Waals surface area contributed by atoms with Crippen molar-refractivity contribution in [1.29, 1.82) is 0 Å². The lowest BCUT2D eigenvalue weighted by Gasteiger charge is -2.36. The van der Waals surface area contributed by atoms with Gasteiger partial charge in [0.15, 0.2) is 0 Å². The summed E-state index contributed by atoms with van der Waals surface area (Å²) < 4.78 is 5.62. The number of nitrogens with zero attached hydrogens (tertiary/aromatic N) is 1. The fraction of sp³-hybridized carbons (Fsp3) is 0.533. The highest BCUT2D eigenvalue weighted by molar-refractivity contribution is 6.01. The molecule has 19 heavy (non-hydrogen) atoms. The number of ether oxygens (including phenoxy) is 1. The molecule has 1 N–H and O–H groups in total. The van der Waals surface area contributed by atoms with E-state index in [-0.39, 0.29) is 11.4 Å². The molecule has 0 aliphatic carbocycles. The van der Waals surface area contributed by atoms with Crippen LogP contribution in [0.3, 0.4) is 0 Å². The van der Waals surface area contributed by atoms with Crippen LogP contribution in [0.1, 0.15) is 26.2 Å². The van der Waals surface area contributed by atoms with Crippen LogP contribution < -0.4 is 15.0 Å². The molecule has 2 heterocycles. The Morgan fingerprint density at radius 1 is 1.47 bits per heavy atom. The SMILES string of the molecule is CCC1(C(=O)N2CCOc3ccccc32)CCCN1. The van der Waals surface area contributed by atoms with E-state index in [1.54, 1.807) is 0 Å². The van der Waals surface area contributed by atoms with Gasteiger partial charge in [0, 0.05) is 0 Å². The number of fused-ring (bicyclic) bond motifs is 1. The molecule has 0 bridgehead atoms. The van der Waals surface area contributed by atoms with Crippen LogP contribution >= 0.6 is 0 Å². The fourth-order valence-corrected chi connectivity index (χ4v) is 3.08. The third-order valence-electron chi connectivity index (χ3n) is 4.23. The number of nitrogens with one attached hydrogen (secondary N) is 1. The Bertz CT molecular complexity index is 481. The Morgan fingerprint density at radius 3 is 3.05 bits per heavy atom. The van der Waals surface area contributed by atoms with Crippen LogP contribution in [-0.4, -0.2) is 31.1 Å². The normalized spacial score (nSPS) is 25.8. The lowest BCUT2D eigenvalue weighted by molar-refractivity contribution is -0.124. The minimum absolute atomic E-state index is 0.197. The van der Waals surface area contributed by atoms with Crippen molar-refractivity contribution in [2.75, 3.05) is 24.6 Å². The molecule has 1 aromatic rings. The molecule has 3 rings (SSSR count). The first-order chi connectivity index (χ1) is 9.27. The van der Waals surface area contributed by atoms with E-state index >= 15 is 0 Å². The van der Waals surface area contributed by atoms with E-state index < -0.39 is 0 Å². The molecule has 102 valence electrons. The van der Waals surface area contributed by atoms with Gasteiger partial charge in [-0.25, -0.2) is 0 Å². The zero-order valence-corrected chi connectivity index (χ0v) is 11.3. The molecule has 0 aromatic heterocycles. The molecule has 0 radical (unpaired) electrons. The van der Waals surface area contributed by atoms with Crippen molar-refractivity contribution in [3.05, 3.63) is 24.3 Å². The number of para-hydroxylation sites is 2. The summed E-state index contributed by atoms with van der Waals surface area (Å²) in [5.41, 5.74) is 0.532. The summed E-state index contributed by atoms with van der Waals surface area (Å²) in [7, 11) is 0. The van der Waals surface area contributed by atoms with E-state index in [9.17, 15) is 4.79 Å². The minimum atomic E-state index is -0.371. The molecule has 0 saturated carbocycles. The van der Waals surface area contributed by atoms with Crippen molar-refractivity contribution in [3.8, 4) is 5.75 Å². The van der Waals surface area contributed by atoms with E-state index in [1.165, 1.54) is 0 Å². The maximum absolute atomic E-state index is 12.9. The molecule has 1 atom stereocenters. The molecule has 1 unspecified atom stereocenters. The molecule has 1 aromatic carbocycles. The van der Waals surface area contributed by atoms with Gasteiger partial charge in [-0.3, -0.25) is 4.79 Å². The Balaban J connectivity index is 1.93. The summed E-state index contributed by atoms with van der Waals surface area (Å²) in [6, 6.07) is 7.78. The van der Waals surface area contributed by atoms with Gasteiger partial charge in [-0.1, -0.05) is 19.1 Å². The van der Waals surface area contributed by atoms with E-state index in [0.29, 0.717) is 13.2 Å². The second-order valence-corrected chi connectivity index (χ2v) is 5.24. The average molecular weight is 260 g/mol. The van der Waals surface area contributed by atoms with Gasteiger partial charge in [0.2, 0.25) is 5.91 Å². The Morgan fingerprint density at radius 2 is 2.32 bits per heavy atom. The van der Waals surface area contributed by atoms with Crippen LogP contribution in [0.25, 0.3) is 0 Å². The van der Waals surface area contributed by atoms with Crippen LogP contribution in [0.15, 0.2) is 24.3 Å². The number of amides is 1. The van der Waals surface area contributed by atoms with Gasteiger partial charge < -0.3 is 15.0 Å². The smallest absolute Gasteiger partial charge is 0.247 e. The summed E-state index contributed by atoms with van der Waals surface area (Å²) in [4.78, 5) is 14.8. The van der Waals surface area contributed by atoms with E-state index in [0.717, 1.165) is 37.2 Å². The molecule has 1 amide bonds. The standard InChI is InChI=1S/C15H20N2O2/c1-2-15(8-5-9-16-15)14(18)17-10-11-19-13-7-4-3-6-12(13)17/h3-4,6-7,16H,2,5,8-11H2,1H3. The lowest BCUT2D eigenvalue weighted by Crippen LogP contribution is -2.56. The van der Waals surface area contributed by atoms with Crippen LogP contribution in [0.2, 0.25) is 0 Å². The first-order valence-electron chi connectivity index (χ1n) is 7.06. The number of carbonyl (C=O) groups is 1. The van der Waals surface area contributed by atoms with Crippen molar-refractivity contribution in [1.82, 2.24) is 5.32 Å². The van der Waals surface area contributed by atoms with Crippen molar-refractivity contribution in [3.63, 3.8) is 0 Å². The van der Waals surface area contributed by atoms with Crippen molar-refractivity contribution < 1.29 is 9.53 Å². The molecule has 1 fully saturated rings. The second-order valence-electron chi connectivity index (χ2n) is 5.24. The maximum atomic E-state index is 12.9. The highest BCUT2D eigenvalue weighted by Crippen LogP contribution is 2.34. The van der Waals surface area contributed by atoms with E-state index in [4.69, 9.17) is 4.74 Å². The number of anilines is 1. The third-order valence-corrected chi connectivity index (χ3v) is 4.23. The summed E-state index contributed by atoms with van der Waals surface area (Å²) in [5, 5.41) is 3.42. The maximum Gasteiger partial charge on any atom is 0.247 e. The summed E-state index contributed by atoms with van der Waals surface area (Å²) in [5.74, 6) is 1.01. The van der Waals surface area contributed by atoms with Crippen LogP contribution in [-0.2, 0) is 4.79 Å². The molecule has 4 nitrogen and oxygen atoms in total. The first kappa shape index (κ1) is 12.5. The zero-order valence-electron chi connectivity index (χ0n) is 11.3. The van der Waals surface area contributed by atoms with Gasteiger partial charge in [-0.15, -0.1) is 0 Å². The monoisotopic (exact) mass is 260 g/mol. The van der Waals surface area contributed by atoms with Gasteiger partial charge in [0.05, 0.1) is 17.8 Å². The average Bonchev–Trinajstić information content (AvgIpc) is 2.96. The molecular weight excluding hydrogens is 240 g/mol. The summed E-state index contributed by atoms with van der Waals surface area (Å²) in [6.07, 6.45) is 2.85. The molecular formula is C15H20N2O2. The number of hydrogen-bond acceptors (Lipinski definition) is 3. The lowest BCUT2D eigenvalue weighted by atomic mass is 9.92. The Labute approximate surface area is 113 Å². The summed E-state index contributed by atoms with van der Waals surface area (Å²) >= 11 is 0. The largest absolute Gasteiger partial charge is 0.490 e. The summed E-state index contributed by atoms with van der Waals surface area (Å²) in [6.45, 7) is 4.23. The van der Waals surface area contributed by atoms with Crippen molar-refractivity contribution in [2.45, 2.75) is 31.7 Å². The number of rotatable bonds is 2. The van der Waals surface area contributed by atoms with Crippen LogP contribution in [0.4, 0.5) is 5.69 Å². The highest BCUT2D eigenvalue weighted by atomic mass is 16.5. The molecule has 4 heteroatoms. The Kier molecular flexibility index (Phi) is 3.19. The number of hydrogen-bond donors (Lipinski definition) is 1. The molecule has 2 aliphatic heterocycles. The zero-order chi connectivity index (χ0) is 13.3. The van der Waals surface area contributed by atoms with Gasteiger partial charge in [0.25, 0.3) is 0 Å². The highest BCUT2D eigenvalue weighted by Gasteiger charge is 2.43. The van der Waals surface area contributed by atoms with Crippen molar-refractivity contribution in [2.24, 2.45) is 0 Å². The second kappa shape index (κ2) is 4.85. The van der Waals surface area contributed by atoms with E-state index in [1.807, 2.05) is 29.2 Å². The predicted octanol–water partition coefficient (Wildman–Crippen LogP) is 1.94. The number of carbonyl (C=O) groups excluding carboxylic acids is 1. The fourth-order valence-electron chi connectivity index (χ4n) is 3.08. The van der Waals surface area contributed by atoms with Gasteiger partial charge >= 0.3 is 0 Å². The van der Waals surface area contributed by atoms with Crippen LogP contribution in [0.5, 0.6) is 5.75 Å². The van der Waals surface area contributed by atoms with Crippen molar-refractivity contribution >= 4 is 11.6 Å². The van der Waals surface area contributed by atoms with Gasteiger partial charge in [-0.05, 0) is 37.9 Å². The molecule has 2 aliphatic rings. The van der Waals surface area contributed by atoms with Gasteiger partial charge in [-0.2, -0.15) is 0 Å². The topological polar surface area (TPSA) is 41.6 Å².